The maximum absolute atomic E-state index is 10.6. The molecular weight excluding hydrogens is 132 g/mol. The summed E-state index contributed by atoms with van der Waals surface area (Å²) in [5.74, 6) is -0.394. The summed E-state index contributed by atoms with van der Waals surface area (Å²) in [6, 6.07) is 0. The van der Waals surface area contributed by atoms with Crippen LogP contribution >= 0.6 is 0 Å². The molecule has 0 unspecified atom stereocenters. The molecule has 0 saturated carbocycles. The van der Waals surface area contributed by atoms with Gasteiger partial charge in [-0.2, -0.15) is 0 Å². The lowest BCUT2D eigenvalue weighted by molar-refractivity contribution is -0.115. The van der Waals surface area contributed by atoms with Gasteiger partial charge in [-0.05, 0) is 20.8 Å². The first-order chi connectivity index (χ1) is 4.45. The minimum atomic E-state index is -0.394. The average Bonchev–Trinajstić information content (AvgIpc) is 1.59. The van der Waals surface area contributed by atoms with Gasteiger partial charge in [-0.15, -0.1) is 0 Å². The van der Waals surface area contributed by atoms with Crippen LogP contribution in [0, 0.1) is 0 Å². The fraction of sp³-hybridized carbons (Fsp3) is 0.667. The largest absolute Gasteiger partial charge is 0.411 e. The first-order valence-corrected chi connectivity index (χ1v) is 2.95. The van der Waals surface area contributed by atoms with Crippen LogP contribution in [-0.2, 0) is 4.79 Å². The number of carbonyl (C=O) groups excluding carboxylic acids is 1. The van der Waals surface area contributed by atoms with Crippen LogP contribution in [0.5, 0.6) is 0 Å². The number of nitrogens with zero attached hydrogens (tertiary/aromatic N) is 1. The molecule has 0 saturated heterocycles. The summed E-state index contributed by atoms with van der Waals surface area (Å²) >= 11 is 0. The van der Waals surface area contributed by atoms with E-state index in [0.29, 0.717) is 0 Å². The van der Waals surface area contributed by atoms with Crippen molar-refractivity contribution in [2.75, 3.05) is 0 Å². The molecule has 0 aliphatic carbocycles. The second-order valence-electron chi connectivity index (χ2n) is 2.98. The molecule has 0 fully saturated rings. The zero-order valence-corrected chi connectivity index (χ0v) is 6.38. The summed E-state index contributed by atoms with van der Waals surface area (Å²) in [6.45, 7) is 5.53. The van der Waals surface area contributed by atoms with Crippen LogP contribution in [0.4, 0.5) is 0 Å². The van der Waals surface area contributed by atoms with Crippen molar-refractivity contribution in [2.24, 2.45) is 5.16 Å². The van der Waals surface area contributed by atoms with Crippen LogP contribution < -0.4 is 5.32 Å². The first kappa shape index (κ1) is 8.94. The summed E-state index contributed by atoms with van der Waals surface area (Å²) in [6.07, 6.45) is 0.825. The minimum absolute atomic E-state index is 0.279. The molecule has 0 rings (SSSR count). The van der Waals surface area contributed by atoms with E-state index < -0.39 is 5.91 Å². The van der Waals surface area contributed by atoms with Crippen LogP contribution in [0.15, 0.2) is 5.16 Å². The first-order valence-electron chi connectivity index (χ1n) is 2.95. The number of carbonyl (C=O) groups is 1. The van der Waals surface area contributed by atoms with Crippen LogP contribution in [0.25, 0.3) is 0 Å². The molecule has 0 aromatic heterocycles. The Kier molecular flexibility index (Phi) is 2.86. The fourth-order valence-electron chi connectivity index (χ4n) is 0.454. The van der Waals surface area contributed by atoms with Gasteiger partial charge < -0.3 is 10.5 Å². The average molecular weight is 144 g/mol. The zero-order chi connectivity index (χ0) is 8.20. The Balaban J connectivity index is 3.81. The Morgan fingerprint density at radius 2 is 2.10 bits per heavy atom. The molecule has 0 aromatic carbocycles. The number of nitrogens with one attached hydrogen (secondary N) is 1. The second-order valence-corrected chi connectivity index (χ2v) is 2.98. The molecule has 0 bridgehead atoms. The zero-order valence-electron chi connectivity index (χ0n) is 6.38. The van der Waals surface area contributed by atoms with E-state index >= 15 is 0 Å². The third-order valence-electron chi connectivity index (χ3n) is 0.673. The van der Waals surface area contributed by atoms with E-state index in [4.69, 9.17) is 5.21 Å². The maximum Gasteiger partial charge on any atom is 0.266 e. The van der Waals surface area contributed by atoms with E-state index in [-0.39, 0.29) is 5.54 Å². The maximum atomic E-state index is 10.6. The highest BCUT2D eigenvalue weighted by molar-refractivity contribution is 6.26. The predicted octanol–water partition coefficient (Wildman–Crippen LogP) is 0.361. The van der Waals surface area contributed by atoms with Crippen molar-refractivity contribution in [2.45, 2.75) is 26.3 Å². The second kappa shape index (κ2) is 3.20. The monoisotopic (exact) mass is 144 g/mol. The van der Waals surface area contributed by atoms with Gasteiger partial charge in [-0.25, -0.2) is 0 Å². The van der Waals surface area contributed by atoms with Crippen LogP contribution in [-0.4, -0.2) is 22.9 Å². The number of hydrogen-bond donors (Lipinski definition) is 2. The minimum Gasteiger partial charge on any atom is -0.411 e. The highest BCUT2D eigenvalue weighted by Crippen LogP contribution is 1.96. The van der Waals surface area contributed by atoms with Gasteiger partial charge in [0.1, 0.15) is 6.21 Å². The number of oxime groups is 1. The smallest absolute Gasteiger partial charge is 0.266 e. The van der Waals surface area contributed by atoms with Gasteiger partial charge in [0.05, 0.1) is 0 Å². The van der Waals surface area contributed by atoms with Crippen molar-refractivity contribution in [1.29, 1.82) is 0 Å². The third-order valence-corrected chi connectivity index (χ3v) is 0.673. The SMILES string of the molecule is CC(C)(C)NC(=O)C=NO. The van der Waals surface area contributed by atoms with Gasteiger partial charge >= 0.3 is 0 Å². The van der Waals surface area contributed by atoms with E-state index in [9.17, 15) is 4.79 Å². The standard InChI is InChI=1S/C6H12N2O2/c1-6(2,3)8-5(9)4-7-10/h4,10H,1-3H3,(H,8,9). The number of hydrogen-bond acceptors (Lipinski definition) is 3. The summed E-state index contributed by atoms with van der Waals surface area (Å²) in [5, 5.41) is 13.1. The van der Waals surface area contributed by atoms with Gasteiger partial charge in [-0.1, -0.05) is 5.16 Å². The third kappa shape index (κ3) is 5.08. The molecule has 0 aliphatic rings. The molecule has 0 aliphatic heterocycles. The highest BCUT2D eigenvalue weighted by atomic mass is 16.4. The fourth-order valence-corrected chi connectivity index (χ4v) is 0.454. The number of rotatable bonds is 1. The molecule has 10 heavy (non-hydrogen) atoms. The molecule has 0 atom stereocenters. The van der Waals surface area contributed by atoms with Gasteiger partial charge in [0.25, 0.3) is 5.91 Å². The lowest BCUT2D eigenvalue weighted by Gasteiger charge is -2.18. The summed E-state index contributed by atoms with van der Waals surface area (Å²) < 4.78 is 0. The van der Waals surface area contributed by atoms with Crippen molar-refractivity contribution < 1.29 is 10.0 Å². The van der Waals surface area contributed by atoms with E-state index in [1.54, 1.807) is 0 Å². The normalized spacial score (nSPS) is 11.9. The van der Waals surface area contributed by atoms with Crippen molar-refractivity contribution in [3.8, 4) is 0 Å². The van der Waals surface area contributed by atoms with Crippen LogP contribution in [0.1, 0.15) is 20.8 Å². The molecule has 1 amide bonds. The summed E-state index contributed by atoms with van der Waals surface area (Å²) in [7, 11) is 0. The van der Waals surface area contributed by atoms with Crippen LogP contribution in [0.3, 0.4) is 0 Å². The van der Waals surface area contributed by atoms with Gasteiger partial charge in [0.15, 0.2) is 0 Å². The van der Waals surface area contributed by atoms with Crippen molar-refractivity contribution in [3.05, 3.63) is 0 Å². The quantitative estimate of drug-likeness (QED) is 0.317. The van der Waals surface area contributed by atoms with Crippen molar-refractivity contribution in [3.63, 3.8) is 0 Å². The molecule has 0 radical (unpaired) electrons. The van der Waals surface area contributed by atoms with E-state index in [1.807, 2.05) is 20.8 Å². The summed E-state index contributed by atoms with van der Waals surface area (Å²) in [4.78, 5) is 10.6. The van der Waals surface area contributed by atoms with E-state index in [1.165, 1.54) is 0 Å². The van der Waals surface area contributed by atoms with E-state index in [0.717, 1.165) is 6.21 Å². The Morgan fingerprint density at radius 1 is 1.60 bits per heavy atom. The van der Waals surface area contributed by atoms with Crippen LogP contribution in [0.2, 0.25) is 0 Å². The Bertz CT molecular complexity index is 146. The molecule has 4 heteroatoms. The molecule has 58 valence electrons. The van der Waals surface area contributed by atoms with Gasteiger partial charge in [0, 0.05) is 5.54 Å². The molecule has 0 spiro atoms. The Labute approximate surface area is 59.9 Å². The predicted molar refractivity (Wildman–Crippen MR) is 38.2 cm³/mol. The van der Waals surface area contributed by atoms with E-state index in [2.05, 4.69) is 10.5 Å². The molecule has 0 aromatic rings. The highest BCUT2D eigenvalue weighted by Gasteiger charge is 2.11. The molecule has 2 N–H and O–H groups in total. The molecular formula is C6H12N2O2. The Hall–Kier alpha value is -1.06. The van der Waals surface area contributed by atoms with Gasteiger partial charge in [0.2, 0.25) is 0 Å². The van der Waals surface area contributed by atoms with Crippen molar-refractivity contribution in [1.82, 2.24) is 5.32 Å². The van der Waals surface area contributed by atoms with Gasteiger partial charge in [-0.3, -0.25) is 4.79 Å². The van der Waals surface area contributed by atoms with Crippen molar-refractivity contribution >= 4 is 12.1 Å². The topological polar surface area (TPSA) is 61.7 Å². The molecule has 4 nitrogen and oxygen atoms in total. The molecule has 0 heterocycles. The lowest BCUT2D eigenvalue weighted by atomic mass is 10.1. The number of amides is 1. The summed E-state index contributed by atoms with van der Waals surface area (Å²) in [5.41, 5.74) is -0.279. The Morgan fingerprint density at radius 3 is 2.40 bits per heavy atom. The lowest BCUT2D eigenvalue weighted by Crippen LogP contribution is -2.41.